The smallest absolute Gasteiger partial charge is 0.390 e. The Morgan fingerprint density at radius 2 is 2.12 bits per heavy atom. The molecule has 1 aromatic heterocycles. The molecule has 132 valence electrons. The third kappa shape index (κ3) is 3.80. The van der Waals surface area contributed by atoms with Crippen LogP contribution in [0.3, 0.4) is 0 Å². The van der Waals surface area contributed by atoms with Gasteiger partial charge in [0.1, 0.15) is 6.54 Å². The molecule has 1 saturated heterocycles. The number of alkyl halides is 3. The molecular weight excluding hydrogens is 434 g/mol. The van der Waals surface area contributed by atoms with Gasteiger partial charge in [0.05, 0.1) is 21.4 Å². The van der Waals surface area contributed by atoms with Crippen molar-refractivity contribution in [1.82, 2.24) is 9.47 Å². The van der Waals surface area contributed by atoms with E-state index in [0.717, 1.165) is 24.0 Å². The van der Waals surface area contributed by atoms with Crippen LogP contribution in [0.2, 0.25) is 0 Å². The van der Waals surface area contributed by atoms with E-state index < -0.39 is 18.8 Å². The van der Waals surface area contributed by atoms with Crippen LogP contribution < -0.4 is 5.32 Å². The molecule has 2 atom stereocenters. The van der Waals surface area contributed by atoms with E-state index in [1.807, 2.05) is 35.7 Å². The Morgan fingerprint density at radius 3 is 2.79 bits per heavy atom. The summed E-state index contributed by atoms with van der Waals surface area (Å²) in [4.78, 5) is 2.06. The molecule has 1 aliphatic heterocycles. The first-order valence-corrected chi connectivity index (χ1v) is 8.80. The quantitative estimate of drug-likeness (QED) is 0.702. The molecule has 2 N–H and O–H groups in total. The number of β-amino-alcohol motifs (C(OH)–C–C–N with tert-alkyl or cyclic N) is 1. The van der Waals surface area contributed by atoms with Gasteiger partial charge in [-0.1, -0.05) is 6.07 Å². The molecular formula is C16H19F3IN3O. The van der Waals surface area contributed by atoms with Gasteiger partial charge in [-0.05, 0) is 60.8 Å². The zero-order valence-corrected chi connectivity index (χ0v) is 15.3. The van der Waals surface area contributed by atoms with Crippen LogP contribution >= 0.6 is 22.6 Å². The van der Waals surface area contributed by atoms with Crippen molar-refractivity contribution < 1.29 is 18.3 Å². The van der Waals surface area contributed by atoms with E-state index in [2.05, 4.69) is 10.2 Å². The second kappa shape index (κ2) is 6.72. The molecule has 4 nitrogen and oxygen atoms in total. The van der Waals surface area contributed by atoms with Crippen molar-refractivity contribution in [2.24, 2.45) is 0 Å². The van der Waals surface area contributed by atoms with Gasteiger partial charge in [-0.2, -0.15) is 13.2 Å². The number of likely N-dealkylation sites (N-methyl/N-ethyl adjacent to an activating group) is 1. The van der Waals surface area contributed by atoms with Crippen LogP contribution in [0.1, 0.15) is 6.42 Å². The topological polar surface area (TPSA) is 40.4 Å². The molecule has 0 spiro atoms. The molecule has 0 unspecified atom stereocenters. The molecule has 3 rings (SSSR count). The number of nitrogens with zero attached hydrogens (tertiary/aromatic N) is 2. The average Bonchev–Trinajstić information content (AvgIpc) is 2.78. The van der Waals surface area contributed by atoms with Crippen LogP contribution in [0.25, 0.3) is 10.9 Å². The van der Waals surface area contributed by atoms with Gasteiger partial charge in [0.15, 0.2) is 0 Å². The summed E-state index contributed by atoms with van der Waals surface area (Å²) in [6.45, 7) is 0.451. The molecule has 0 amide bonds. The van der Waals surface area contributed by atoms with Gasteiger partial charge in [0.2, 0.25) is 0 Å². The van der Waals surface area contributed by atoms with E-state index in [4.69, 9.17) is 0 Å². The summed E-state index contributed by atoms with van der Waals surface area (Å²) < 4.78 is 40.2. The monoisotopic (exact) mass is 453 g/mol. The third-order valence-electron chi connectivity index (χ3n) is 4.36. The summed E-state index contributed by atoms with van der Waals surface area (Å²) in [6, 6.07) is 6.94. The number of aliphatic hydroxyl groups is 1. The van der Waals surface area contributed by atoms with Gasteiger partial charge >= 0.3 is 6.18 Å². The van der Waals surface area contributed by atoms with Crippen molar-refractivity contribution in [3.8, 4) is 0 Å². The fourth-order valence-corrected chi connectivity index (χ4v) is 3.92. The molecule has 1 aromatic carbocycles. The van der Waals surface area contributed by atoms with Crippen LogP contribution in [0.15, 0.2) is 24.3 Å². The summed E-state index contributed by atoms with van der Waals surface area (Å²) in [6.07, 6.45) is -3.98. The van der Waals surface area contributed by atoms with Gasteiger partial charge in [0, 0.05) is 17.6 Å². The standard InChI is InChI=1S/C16H19F3IN3O/c1-22-6-5-12(14(24)8-22)21-11-3-2-4-13-10(11)7-15(20)23(13)9-16(17,18)19/h2-4,7,12,14,21,24H,5-6,8-9H2,1H3/t12-,14-/m0/s1. The molecule has 0 aliphatic carbocycles. The van der Waals surface area contributed by atoms with Gasteiger partial charge in [-0.15, -0.1) is 0 Å². The predicted molar refractivity (Wildman–Crippen MR) is 96.2 cm³/mol. The minimum absolute atomic E-state index is 0.101. The molecule has 1 fully saturated rings. The Balaban J connectivity index is 1.91. The lowest BCUT2D eigenvalue weighted by molar-refractivity contribution is -0.140. The Kier molecular flexibility index (Phi) is 4.99. The van der Waals surface area contributed by atoms with Crippen molar-refractivity contribution in [3.05, 3.63) is 28.0 Å². The number of piperidine rings is 1. The number of aliphatic hydroxyl groups excluding tert-OH is 1. The maximum absolute atomic E-state index is 12.8. The van der Waals surface area contributed by atoms with Gasteiger partial charge in [0.25, 0.3) is 0 Å². The number of aromatic nitrogens is 1. The zero-order chi connectivity index (χ0) is 17.5. The predicted octanol–water partition coefficient (Wildman–Crippen LogP) is 3.29. The highest BCUT2D eigenvalue weighted by atomic mass is 127. The molecule has 0 saturated carbocycles. The van der Waals surface area contributed by atoms with Crippen molar-refractivity contribution in [1.29, 1.82) is 0 Å². The molecule has 0 bridgehead atoms. The number of anilines is 1. The molecule has 2 aromatic rings. The highest BCUT2D eigenvalue weighted by Gasteiger charge is 2.30. The second-order valence-electron chi connectivity index (χ2n) is 6.28. The van der Waals surface area contributed by atoms with E-state index >= 15 is 0 Å². The first-order chi connectivity index (χ1) is 11.2. The van der Waals surface area contributed by atoms with Crippen LogP contribution in [0.4, 0.5) is 18.9 Å². The minimum atomic E-state index is -4.26. The van der Waals surface area contributed by atoms with Crippen LogP contribution in [0, 0.1) is 3.70 Å². The van der Waals surface area contributed by atoms with E-state index in [-0.39, 0.29) is 6.04 Å². The van der Waals surface area contributed by atoms with Crippen molar-refractivity contribution in [3.63, 3.8) is 0 Å². The summed E-state index contributed by atoms with van der Waals surface area (Å²) in [5, 5.41) is 14.3. The minimum Gasteiger partial charge on any atom is -0.390 e. The molecule has 24 heavy (non-hydrogen) atoms. The lowest BCUT2D eigenvalue weighted by Gasteiger charge is -2.34. The highest BCUT2D eigenvalue weighted by molar-refractivity contribution is 14.1. The Labute approximate surface area is 151 Å². The number of halogens is 4. The van der Waals surface area contributed by atoms with Gasteiger partial charge in [-0.25, -0.2) is 0 Å². The van der Waals surface area contributed by atoms with E-state index in [9.17, 15) is 18.3 Å². The van der Waals surface area contributed by atoms with Gasteiger partial charge < -0.3 is 19.9 Å². The first-order valence-electron chi connectivity index (χ1n) is 7.72. The first kappa shape index (κ1) is 17.8. The number of benzene rings is 1. The largest absolute Gasteiger partial charge is 0.406 e. The maximum atomic E-state index is 12.8. The van der Waals surface area contributed by atoms with Crippen molar-refractivity contribution >= 4 is 39.2 Å². The lowest BCUT2D eigenvalue weighted by Crippen LogP contribution is -2.48. The van der Waals surface area contributed by atoms with Crippen LogP contribution in [-0.4, -0.2) is 53.0 Å². The highest BCUT2D eigenvalue weighted by Crippen LogP contribution is 2.31. The number of hydrogen-bond acceptors (Lipinski definition) is 3. The number of fused-ring (bicyclic) bond motifs is 1. The van der Waals surface area contributed by atoms with Crippen LogP contribution in [0.5, 0.6) is 0 Å². The number of nitrogens with one attached hydrogen (secondary N) is 1. The Hall–Kier alpha value is -1.00. The normalized spacial score (nSPS) is 22.9. The van der Waals surface area contributed by atoms with E-state index in [0.29, 0.717) is 15.8 Å². The molecule has 2 heterocycles. The fraction of sp³-hybridized carbons (Fsp3) is 0.500. The Bertz CT molecular complexity index is 731. The van der Waals surface area contributed by atoms with Crippen molar-refractivity contribution in [2.45, 2.75) is 31.3 Å². The third-order valence-corrected chi connectivity index (χ3v) is 5.25. The fourth-order valence-electron chi connectivity index (χ4n) is 3.18. The van der Waals surface area contributed by atoms with E-state index in [1.54, 1.807) is 18.2 Å². The van der Waals surface area contributed by atoms with Crippen molar-refractivity contribution in [2.75, 3.05) is 25.5 Å². The molecule has 0 radical (unpaired) electrons. The molecule has 8 heteroatoms. The second-order valence-corrected chi connectivity index (χ2v) is 7.38. The number of hydrogen-bond donors (Lipinski definition) is 2. The SMILES string of the molecule is CN1CC[C@H](Nc2cccc3c2cc(I)n3CC(F)(F)F)[C@@H](O)C1. The van der Waals surface area contributed by atoms with Crippen LogP contribution in [-0.2, 0) is 6.54 Å². The molecule has 1 aliphatic rings. The van der Waals surface area contributed by atoms with E-state index in [1.165, 1.54) is 4.57 Å². The summed E-state index contributed by atoms with van der Waals surface area (Å²) in [5.74, 6) is 0. The summed E-state index contributed by atoms with van der Waals surface area (Å²) in [5.41, 5.74) is 1.31. The number of rotatable bonds is 3. The summed E-state index contributed by atoms with van der Waals surface area (Å²) >= 11 is 1.93. The summed E-state index contributed by atoms with van der Waals surface area (Å²) in [7, 11) is 1.96. The maximum Gasteiger partial charge on any atom is 0.406 e. The average molecular weight is 453 g/mol. The number of likely N-dealkylation sites (tertiary alicyclic amines) is 1. The lowest BCUT2D eigenvalue weighted by atomic mass is 10.0. The zero-order valence-electron chi connectivity index (χ0n) is 13.1. The van der Waals surface area contributed by atoms with Gasteiger partial charge in [-0.3, -0.25) is 0 Å². The Morgan fingerprint density at radius 1 is 1.38 bits per heavy atom.